The second-order valence-electron chi connectivity index (χ2n) is 4.68. The van der Waals surface area contributed by atoms with Crippen LogP contribution in [0.3, 0.4) is 0 Å². The van der Waals surface area contributed by atoms with Crippen molar-refractivity contribution in [2.75, 3.05) is 0 Å². The number of rotatable bonds is 6. The summed E-state index contributed by atoms with van der Waals surface area (Å²) >= 11 is 12.1. The van der Waals surface area contributed by atoms with Crippen molar-refractivity contribution in [3.8, 4) is 0 Å². The molecule has 0 fully saturated rings. The molecule has 0 aliphatic rings. The Hall–Kier alpha value is -2.24. The van der Waals surface area contributed by atoms with Gasteiger partial charge in [-0.2, -0.15) is 0 Å². The second kappa shape index (κ2) is 7.35. The molecule has 23 heavy (non-hydrogen) atoms. The molecule has 0 unspecified atom stereocenters. The minimum absolute atomic E-state index is 0.0353. The highest BCUT2D eigenvalue weighted by molar-refractivity contribution is 6.42. The van der Waals surface area contributed by atoms with Crippen LogP contribution in [0, 0.1) is 6.92 Å². The number of hydrogen-bond acceptors (Lipinski definition) is 3. The third-order valence-electron chi connectivity index (χ3n) is 3.23. The van der Waals surface area contributed by atoms with Gasteiger partial charge in [0, 0.05) is 18.9 Å². The third-order valence-corrected chi connectivity index (χ3v) is 4.09. The number of aliphatic carboxylic acids is 1. The number of nitrogens with zero attached hydrogens (tertiary/aromatic N) is 2. The van der Waals surface area contributed by atoms with Crippen molar-refractivity contribution >= 4 is 34.9 Å². The largest absolute Gasteiger partial charge is 0.476 e. The molecule has 0 spiro atoms. The molecule has 7 heteroatoms. The lowest BCUT2D eigenvalue weighted by Gasteiger charge is -2.14. The second-order valence-corrected chi connectivity index (χ2v) is 5.47. The van der Waals surface area contributed by atoms with Crippen LogP contribution in [0.5, 0.6) is 0 Å². The van der Waals surface area contributed by atoms with Crippen molar-refractivity contribution in [1.82, 2.24) is 14.9 Å². The fourth-order valence-corrected chi connectivity index (χ4v) is 2.48. The Morgan fingerprint density at radius 1 is 1.48 bits per heavy atom. The highest BCUT2D eigenvalue weighted by atomic mass is 35.5. The monoisotopic (exact) mass is 351 g/mol. The Kier molecular flexibility index (Phi) is 5.47. The van der Waals surface area contributed by atoms with E-state index in [1.807, 2.05) is 6.07 Å². The van der Waals surface area contributed by atoms with Gasteiger partial charge in [0.15, 0.2) is 5.70 Å². The van der Waals surface area contributed by atoms with Gasteiger partial charge in [-0.05, 0) is 24.6 Å². The fourth-order valence-electron chi connectivity index (χ4n) is 2.09. The highest BCUT2D eigenvalue weighted by Crippen LogP contribution is 2.25. The molecule has 2 aromatic rings. The predicted octanol–water partition coefficient (Wildman–Crippen LogP) is 3.73. The van der Waals surface area contributed by atoms with Crippen LogP contribution >= 0.6 is 23.2 Å². The summed E-state index contributed by atoms with van der Waals surface area (Å²) in [5.74, 6) is -0.532. The lowest BCUT2D eigenvalue weighted by molar-refractivity contribution is -0.130. The molecule has 0 atom stereocenters. The molecule has 2 rings (SSSR count). The number of imidazole rings is 1. The lowest BCUT2D eigenvalue weighted by Crippen LogP contribution is -2.20. The van der Waals surface area contributed by atoms with Gasteiger partial charge in [0.1, 0.15) is 5.82 Å². The molecule has 120 valence electrons. The molecule has 0 aliphatic heterocycles. The molecule has 1 heterocycles. The highest BCUT2D eigenvalue weighted by Gasteiger charge is 2.17. The van der Waals surface area contributed by atoms with Gasteiger partial charge < -0.3 is 10.4 Å². The first-order valence-corrected chi connectivity index (χ1v) is 7.48. The van der Waals surface area contributed by atoms with Crippen LogP contribution in [0.25, 0.3) is 5.70 Å². The van der Waals surface area contributed by atoms with Crippen LogP contribution in [0.15, 0.2) is 48.9 Å². The summed E-state index contributed by atoms with van der Waals surface area (Å²) in [6.45, 7) is 5.71. The third kappa shape index (κ3) is 3.75. The lowest BCUT2D eigenvalue weighted by atomic mass is 10.2. The van der Waals surface area contributed by atoms with E-state index in [0.717, 1.165) is 5.56 Å². The van der Waals surface area contributed by atoms with E-state index in [1.54, 1.807) is 25.3 Å². The van der Waals surface area contributed by atoms with Crippen molar-refractivity contribution in [2.45, 2.75) is 13.5 Å². The normalized spacial score (nSPS) is 11.8. The molecule has 0 radical (unpaired) electrons. The van der Waals surface area contributed by atoms with Gasteiger partial charge in [0.2, 0.25) is 0 Å². The maximum atomic E-state index is 11.6. The van der Waals surface area contributed by atoms with Gasteiger partial charge in [0.25, 0.3) is 0 Å². The molecule has 0 amide bonds. The van der Waals surface area contributed by atoms with Gasteiger partial charge >= 0.3 is 5.97 Å². The van der Waals surface area contributed by atoms with Gasteiger partial charge in [-0.25, -0.2) is 9.78 Å². The summed E-state index contributed by atoms with van der Waals surface area (Å²) < 4.78 is 1.48. The van der Waals surface area contributed by atoms with Crippen LogP contribution in [0.1, 0.15) is 11.4 Å². The molecule has 0 aliphatic carbocycles. The number of aromatic nitrogens is 2. The minimum Gasteiger partial charge on any atom is -0.476 e. The molecule has 2 N–H and O–H groups in total. The van der Waals surface area contributed by atoms with Gasteiger partial charge in [-0.15, -0.1) is 0 Å². The molecule has 0 saturated carbocycles. The molecular formula is C16H15Cl2N3O2. The number of benzene rings is 1. The number of aryl methyl sites for hydroxylation is 1. The molecular weight excluding hydrogens is 337 g/mol. The van der Waals surface area contributed by atoms with E-state index in [0.29, 0.717) is 28.1 Å². The maximum Gasteiger partial charge on any atom is 0.355 e. The summed E-state index contributed by atoms with van der Waals surface area (Å²) in [5.41, 5.74) is 1.15. The maximum absolute atomic E-state index is 11.6. The molecule has 1 aromatic heterocycles. The van der Waals surface area contributed by atoms with Gasteiger partial charge in [0.05, 0.1) is 15.7 Å². The molecule has 0 saturated heterocycles. The van der Waals surface area contributed by atoms with Crippen LogP contribution < -0.4 is 5.32 Å². The number of carboxylic acid groups (broad SMARTS) is 1. The summed E-state index contributed by atoms with van der Waals surface area (Å²) in [6, 6.07) is 5.28. The van der Waals surface area contributed by atoms with E-state index in [-0.39, 0.29) is 5.70 Å². The van der Waals surface area contributed by atoms with E-state index < -0.39 is 5.97 Å². The molecule has 5 nitrogen and oxygen atoms in total. The van der Waals surface area contributed by atoms with Crippen molar-refractivity contribution in [1.29, 1.82) is 0 Å². The van der Waals surface area contributed by atoms with Crippen LogP contribution in [0.4, 0.5) is 0 Å². The van der Waals surface area contributed by atoms with Crippen LogP contribution in [0.2, 0.25) is 10.0 Å². The van der Waals surface area contributed by atoms with Crippen molar-refractivity contribution in [3.63, 3.8) is 0 Å². The number of allylic oxidation sites excluding steroid dienone is 1. The van der Waals surface area contributed by atoms with Crippen molar-refractivity contribution in [3.05, 3.63) is 70.4 Å². The number of carboxylic acids is 1. The zero-order valence-electron chi connectivity index (χ0n) is 12.4. The summed E-state index contributed by atoms with van der Waals surface area (Å²) in [4.78, 5) is 15.7. The van der Waals surface area contributed by atoms with E-state index in [4.69, 9.17) is 23.2 Å². The quantitative estimate of drug-likeness (QED) is 0.614. The Morgan fingerprint density at radius 2 is 2.22 bits per heavy atom. The zero-order valence-corrected chi connectivity index (χ0v) is 13.9. The standard InChI is InChI=1S/C16H15Cl2N3O2/c1-3-13(15(16(22)23)21-8-7-19-10(21)2)20-9-11-5-4-6-12(17)14(11)18/h3-8,20H,1,9H2,2H3,(H,22,23)/b15-13+. The number of carbonyl (C=O) groups is 1. The van der Waals surface area contributed by atoms with E-state index in [1.165, 1.54) is 16.8 Å². The summed E-state index contributed by atoms with van der Waals surface area (Å²) in [6.07, 6.45) is 4.56. The first-order chi connectivity index (χ1) is 11.0. The Bertz CT molecular complexity index is 781. The Morgan fingerprint density at radius 3 is 2.78 bits per heavy atom. The fraction of sp³-hybridized carbons (Fsp3) is 0.125. The van der Waals surface area contributed by atoms with Gasteiger partial charge in [-0.1, -0.05) is 41.9 Å². The van der Waals surface area contributed by atoms with Crippen molar-refractivity contribution in [2.24, 2.45) is 0 Å². The minimum atomic E-state index is -1.09. The average molecular weight is 352 g/mol. The number of halogens is 2. The first kappa shape index (κ1) is 17.1. The van der Waals surface area contributed by atoms with Gasteiger partial charge in [-0.3, -0.25) is 4.57 Å². The van der Waals surface area contributed by atoms with Crippen molar-refractivity contribution < 1.29 is 9.90 Å². The number of nitrogens with one attached hydrogen (secondary N) is 1. The SMILES string of the molecule is C=C/C(NCc1cccc(Cl)c1Cl)=C(/C(=O)O)n1ccnc1C. The smallest absolute Gasteiger partial charge is 0.355 e. The Balaban J connectivity index is 2.36. The zero-order chi connectivity index (χ0) is 17.0. The Labute approximate surface area is 143 Å². The molecule has 1 aromatic carbocycles. The average Bonchev–Trinajstić information content (AvgIpc) is 2.92. The van der Waals surface area contributed by atoms with E-state index in [9.17, 15) is 9.90 Å². The first-order valence-electron chi connectivity index (χ1n) is 6.72. The molecule has 0 bridgehead atoms. The topological polar surface area (TPSA) is 67.2 Å². The number of hydrogen-bond donors (Lipinski definition) is 2. The van der Waals surface area contributed by atoms with Crippen LogP contribution in [-0.4, -0.2) is 20.6 Å². The van der Waals surface area contributed by atoms with E-state index >= 15 is 0 Å². The summed E-state index contributed by atoms with van der Waals surface area (Å²) in [5, 5.41) is 13.4. The summed E-state index contributed by atoms with van der Waals surface area (Å²) in [7, 11) is 0. The predicted molar refractivity (Wildman–Crippen MR) is 91.3 cm³/mol. The van der Waals surface area contributed by atoms with E-state index in [2.05, 4.69) is 16.9 Å². The van der Waals surface area contributed by atoms with Crippen LogP contribution in [-0.2, 0) is 11.3 Å².